The largest absolute Gasteiger partial charge is 0.548 e. The lowest BCUT2D eigenvalue weighted by atomic mass is 10.0. The van der Waals surface area contributed by atoms with Crippen LogP contribution in [-0.2, 0) is 4.43 Å². The van der Waals surface area contributed by atoms with Crippen LogP contribution in [0.15, 0.2) is 12.3 Å². The molecule has 1 atom stereocenters. The van der Waals surface area contributed by atoms with Gasteiger partial charge in [-0.3, -0.25) is 0 Å². The first-order valence-electron chi connectivity index (χ1n) is 8.65. The molecule has 0 unspecified atom stereocenters. The first-order chi connectivity index (χ1) is 9.64. The number of hydrogen-bond donors (Lipinski definition) is 1. The van der Waals surface area contributed by atoms with Crippen molar-refractivity contribution in [2.45, 2.75) is 97.4 Å². The molecule has 0 aromatic carbocycles. The summed E-state index contributed by atoms with van der Waals surface area (Å²) >= 11 is 0. The number of aliphatic hydroxyl groups excluding tert-OH is 1. The van der Waals surface area contributed by atoms with Crippen LogP contribution in [0.1, 0.15) is 74.7 Å². The van der Waals surface area contributed by atoms with Gasteiger partial charge in [-0.1, -0.05) is 61.5 Å². The maximum atomic E-state index is 9.88. The molecule has 0 aliphatic rings. The van der Waals surface area contributed by atoms with Crippen LogP contribution in [0.25, 0.3) is 0 Å². The maximum Gasteiger partial charge on any atom is 0.257 e. The third kappa shape index (κ3) is 6.56. The van der Waals surface area contributed by atoms with Crippen molar-refractivity contribution in [1.29, 1.82) is 0 Å². The van der Waals surface area contributed by atoms with Crippen LogP contribution >= 0.6 is 0 Å². The van der Waals surface area contributed by atoms with E-state index in [4.69, 9.17) is 4.43 Å². The van der Waals surface area contributed by atoms with Gasteiger partial charge in [0.1, 0.15) is 0 Å². The Morgan fingerprint density at radius 2 is 1.38 bits per heavy atom. The Bertz CT molecular complexity index is 274. The molecule has 2 nitrogen and oxygen atoms in total. The average molecular weight is 315 g/mol. The Labute approximate surface area is 134 Å². The molecule has 0 fully saturated rings. The Morgan fingerprint density at radius 1 is 0.905 bits per heavy atom. The highest BCUT2D eigenvalue weighted by molar-refractivity contribution is 6.77. The van der Waals surface area contributed by atoms with E-state index in [1.54, 1.807) is 0 Å². The van der Waals surface area contributed by atoms with Crippen LogP contribution in [0.3, 0.4) is 0 Å². The molecule has 21 heavy (non-hydrogen) atoms. The summed E-state index contributed by atoms with van der Waals surface area (Å²) < 4.78 is 6.35. The van der Waals surface area contributed by atoms with Gasteiger partial charge >= 0.3 is 0 Å². The quantitative estimate of drug-likeness (QED) is 0.403. The van der Waals surface area contributed by atoms with Crippen molar-refractivity contribution in [2.75, 3.05) is 0 Å². The standard InChI is InChI=1S/C18H38O2Si/c1-14(2)13-18(19)11-9-10-12-20-21(15(3)4,16(5)6)17(7)8/h10,12,14-19H,9,11,13H2,1-8H3/b12-10+/t18-/m0/s1. The van der Waals surface area contributed by atoms with Gasteiger partial charge in [-0.25, -0.2) is 0 Å². The van der Waals surface area contributed by atoms with E-state index < -0.39 is 8.32 Å². The molecule has 0 aliphatic heterocycles. The number of aliphatic hydroxyl groups is 1. The smallest absolute Gasteiger partial charge is 0.257 e. The average Bonchev–Trinajstić information content (AvgIpc) is 2.31. The minimum Gasteiger partial charge on any atom is -0.548 e. The van der Waals surface area contributed by atoms with E-state index in [0.717, 1.165) is 19.3 Å². The maximum absolute atomic E-state index is 9.88. The fourth-order valence-electron chi connectivity index (χ4n) is 3.59. The Kier molecular flexibility index (Phi) is 9.55. The van der Waals surface area contributed by atoms with Crippen molar-refractivity contribution in [3.05, 3.63) is 12.3 Å². The molecule has 0 aromatic rings. The highest BCUT2D eigenvalue weighted by Crippen LogP contribution is 2.42. The summed E-state index contributed by atoms with van der Waals surface area (Å²) in [5.41, 5.74) is 1.82. The third-order valence-corrected chi connectivity index (χ3v) is 10.4. The second-order valence-electron chi connectivity index (χ2n) is 7.67. The zero-order chi connectivity index (χ0) is 16.6. The highest BCUT2D eigenvalue weighted by Gasteiger charge is 2.46. The van der Waals surface area contributed by atoms with Crippen molar-refractivity contribution in [1.82, 2.24) is 0 Å². The lowest BCUT2D eigenvalue weighted by molar-refractivity contribution is 0.140. The predicted molar refractivity (Wildman–Crippen MR) is 96.0 cm³/mol. The number of allylic oxidation sites excluding steroid dienone is 1. The molecule has 0 aromatic heterocycles. The van der Waals surface area contributed by atoms with Gasteiger partial charge in [-0.05, 0) is 41.8 Å². The Balaban J connectivity index is 4.47. The molecular formula is C18H38O2Si. The van der Waals surface area contributed by atoms with Crippen molar-refractivity contribution < 1.29 is 9.53 Å². The molecule has 0 amide bonds. The van der Waals surface area contributed by atoms with Gasteiger partial charge in [-0.15, -0.1) is 0 Å². The van der Waals surface area contributed by atoms with Gasteiger partial charge in [0.05, 0.1) is 12.4 Å². The van der Waals surface area contributed by atoms with Crippen molar-refractivity contribution >= 4 is 8.32 Å². The monoisotopic (exact) mass is 314 g/mol. The molecule has 0 heterocycles. The number of hydrogen-bond acceptors (Lipinski definition) is 2. The lowest BCUT2D eigenvalue weighted by Gasteiger charge is -2.41. The second-order valence-corrected chi connectivity index (χ2v) is 13.1. The molecule has 1 N–H and O–H groups in total. The molecule has 0 aliphatic carbocycles. The zero-order valence-electron chi connectivity index (χ0n) is 15.5. The van der Waals surface area contributed by atoms with E-state index in [2.05, 4.69) is 61.5 Å². The molecule has 0 rings (SSSR count). The van der Waals surface area contributed by atoms with Gasteiger partial charge < -0.3 is 9.53 Å². The fraction of sp³-hybridized carbons (Fsp3) is 0.889. The molecule has 0 spiro atoms. The van der Waals surface area contributed by atoms with Crippen LogP contribution in [0, 0.1) is 5.92 Å². The lowest BCUT2D eigenvalue weighted by Crippen LogP contribution is -2.46. The molecule has 0 saturated carbocycles. The van der Waals surface area contributed by atoms with Crippen LogP contribution in [0.4, 0.5) is 0 Å². The summed E-state index contributed by atoms with van der Waals surface area (Å²) in [7, 11) is -1.78. The summed E-state index contributed by atoms with van der Waals surface area (Å²) in [6, 6.07) is 0. The van der Waals surface area contributed by atoms with Gasteiger partial charge in [0, 0.05) is 0 Å². The summed E-state index contributed by atoms with van der Waals surface area (Å²) in [5.74, 6) is 0.558. The normalized spacial score (nSPS) is 14.9. The fourth-order valence-corrected chi connectivity index (χ4v) is 8.74. The molecule has 0 radical (unpaired) electrons. The van der Waals surface area contributed by atoms with E-state index in [0.29, 0.717) is 22.5 Å². The van der Waals surface area contributed by atoms with Gasteiger partial charge in [-0.2, -0.15) is 0 Å². The van der Waals surface area contributed by atoms with Crippen LogP contribution < -0.4 is 0 Å². The third-order valence-electron chi connectivity index (χ3n) is 4.49. The first-order valence-corrected chi connectivity index (χ1v) is 10.8. The molecule has 3 heteroatoms. The Morgan fingerprint density at radius 3 is 1.76 bits per heavy atom. The van der Waals surface area contributed by atoms with Crippen molar-refractivity contribution in [3.63, 3.8) is 0 Å². The van der Waals surface area contributed by atoms with Gasteiger partial charge in [0.25, 0.3) is 8.32 Å². The van der Waals surface area contributed by atoms with E-state index in [9.17, 15) is 5.11 Å². The van der Waals surface area contributed by atoms with Gasteiger partial charge in [0.2, 0.25) is 0 Å². The summed E-state index contributed by atoms with van der Waals surface area (Å²) in [6.07, 6.45) is 6.45. The summed E-state index contributed by atoms with van der Waals surface area (Å²) in [5, 5.41) is 9.88. The molecule has 0 bridgehead atoms. The van der Waals surface area contributed by atoms with Crippen molar-refractivity contribution in [3.8, 4) is 0 Å². The predicted octanol–water partition coefficient (Wildman–Crippen LogP) is 5.88. The van der Waals surface area contributed by atoms with Crippen LogP contribution in [0.2, 0.25) is 16.6 Å². The van der Waals surface area contributed by atoms with Crippen molar-refractivity contribution in [2.24, 2.45) is 5.92 Å². The molecule has 126 valence electrons. The topological polar surface area (TPSA) is 29.5 Å². The minimum atomic E-state index is -1.78. The van der Waals surface area contributed by atoms with Crippen LogP contribution in [-0.4, -0.2) is 19.5 Å². The second kappa shape index (κ2) is 9.68. The SMILES string of the molecule is CC(C)C[C@@H](O)CC/C=C/O[Si](C(C)C)(C(C)C)C(C)C. The van der Waals surface area contributed by atoms with Crippen LogP contribution in [0.5, 0.6) is 0 Å². The van der Waals surface area contributed by atoms with E-state index in [-0.39, 0.29) is 6.10 Å². The summed E-state index contributed by atoms with van der Waals surface area (Å²) in [4.78, 5) is 0. The number of rotatable bonds is 10. The first kappa shape index (κ1) is 20.7. The molecular weight excluding hydrogens is 276 g/mol. The minimum absolute atomic E-state index is 0.183. The Hall–Kier alpha value is -0.283. The summed E-state index contributed by atoms with van der Waals surface area (Å²) in [6.45, 7) is 18.1. The van der Waals surface area contributed by atoms with E-state index in [1.165, 1.54) is 0 Å². The van der Waals surface area contributed by atoms with Gasteiger partial charge in [0.15, 0.2) is 0 Å². The highest BCUT2D eigenvalue weighted by atomic mass is 28.4. The van der Waals surface area contributed by atoms with E-state index in [1.807, 2.05) is 6.26 Å². The van der Waals surface area contributed by atoms with E-state index >= 15 is 0 Å². The zero-order valence-corrected chi connectivity index (χ0v) is 16.5. The molecule has 0 saturated heterocycles.